The summed E-state index contributed by atoms with van der Waals surface area (Å²) in [4.78, 5) is 14.3. The van der Waals surface area contributed by atoms with Crippen molar-refractivity contribution in [2.45, 2.75) is 24.9 Å². The third-order valence-corrected chi connectivity index (χ3v) is 4.81. The van der Waals surface area contributed by atoms with Gasteiger partial charge in [-0.1, -0.05) is 36.9 Å². The summed E-state index contributed by atoms with van der Waals surface area (Å²) in [6.45, 7) is 3.97. The van der Waals surface area contributed by atoms with E-state index in [9.17, 15) is 4.79 Å². The predicted molar refractivity (Wildman–Crippen MR) is 87.1 cm³/mol. The molecule has 22 heavy (non-hydrogen) atoms. The maximum Gasteiger partial charge on any atom is 0.233 e. The first-order valence-corrected chi connectivity index (χ1v) is 8.58. The molecule has 0 radical (unpaired) electrons. The van der Waals surface area contributed by atoms with E-state index >= 15 is 0 Å². The van der Waals surface area contributed by atoms with Crippen LogP contribution in [-0.4, -0.2) is 44.4 Å². The van der Waals surface area contributed by atoms with Crippen LogP contribution in [0, 0.1) is 5.92 Å². The molecule has 2 aromatic rings. The lowest BCUT2D eigenvalue weighted by Gasteiger charge is -2.30. The first-order valence-electron chi connectivity index (χ1n) is 7.60. The number of likely N-dealkylation sites (tertiary alicyclic amines) is 1. The second-order valence-corrected chi connectivity index (χ2v) is 6.64. The van der Waals surface area contributed by atoms with Crippen molar-refractivity contribution in [2.24, 2.45) is 5.92 Å². The molecule has 1 aliphatic heterocycles. The second-order valence-electron chi connectivity index (χ2n) is 5.69. The number of aromatic nitrogens is 3. The van der Waals surface area contributed by atoms with E-state index in [2.05, 4.69) is 17.1 Å². The molecule has 1 unspecified atom stereocenters. The number of hydrogen-bond acceptors (Lipinski definition) is 4. The molecule has 1 amide bonds. The molecule has 0 N–H and O–H groups in total. The molecule has 0 aliphatic carbocycles. The predicted octanol–water partition coefficient (Wildman–Crippen LogP) is 2.62. The van der Waals surface area contributed by atoms with E-state index in [1.807, 2.05) is 39.8 Å². The quantitative estimate of drug-likeness (QED) is 0.814. The molecule has 0 saturated carbocycles. The Morgan fingerprint density at radius 3 is 2.95 bits per heavy atom. The van der Waals surface area contributed by atoms with Gasteiger partial charge < -0.3 is 4.90 Å². The molecule has 0 bridgehead atoms. The van der Waals surface area contributed by atoms with E-state index in [-0.39, 0.29) is 5.91 Å². The monoisotopic (exact) mass is 316 g/mol. The molecule has 0 spiro atoms. The van der Waals surface area contributed by atoms with Crippen molar-refractivity contribution in [1.82, 2.24) is 19.7 Å². The van der Waals surface area contributed by atoms with Crippen molar-refractivity contribution in [2.75, 3.05) is 18.8 Å². The third-order valence-electron chi connectivity index (χ3n) is 3.89. The molecule has 5 nitrogen and oxygen atoms in total. The number of carbonyl (C=O) groups excluding carboxylic acids is 1. The minimum Gasteiger partial charge on any atom is -0.342 e. The number of nitrogens with zero attached hydrogens (tertiary/aromatic N) is 4. The molecule has 2 heterocycles. The summed E-state index contributed by atoms with van der Waals surface area (Å²) in [6, 6.07) is 9.93. The Morgan fingerprint density at radius 2 is 2.18 bits per heavy atom. The summed E-state index contributed by atoms with van der Waals surface area (Å²) < 4.78 is 1.91. The van der Waals surface area contributed by atoms with Gasteiger partial charge in [-0.05, 0) is 30.9 Å². The van der Waals surface area contributed by atoms with Crippen LogP contribution in [0.3, 0.4) is 0 Å². The van der Waals surface area contributed by atoms with Gasteiger partial charge in [0.15, 0.2) is 5.16 Å². The maximum atomic E-state index is 12.3. The van der Waals surface area contributed by atoms with Crippen LogP contribution in [-0.2, 0) is 4.79 Å². The van der Waals surface area contributed by atoms with Gasteiger partial charge in [0.25, 0.3) is 0 Å². The number of thioether (sulfide) groups is 1. The fourth-order valence-electron chi connectivity index (χ4n) is 2.72. The Bertz CT molecular complexity index is 628. The Balaban J connectivity index is 1.63. The maximum absolute atomic E-state index is 12.3. The van der Waals surface area contributed by atoms with Crippen LogP contribution in [0.2, 0.25) is 0 Å². The second kappa shape index (κ2) is 6.96. The summed E-state index contributed by atoms with van der Waals surface area (Å²) in [6.07, 6.45) is 4.02. The van der Waals surface area contributed by atoms with E-state index in [0.717, 1.165) is 30.4 Å². The zero-order valence-corrected chi connectivity index (χ0v) is 13.5. The van der Waals surface area contributed by atoms with E-state index in [0.29, 0.717) is 11.7 Å². The fourth-order valence-corrected chi connectivity index (χ4v) is 3.55. The first kappa shape index (κ1) is 15.1. The molecule has 3 rings (SSSR count). The minimum absolute atomic E-state index is 0.194. The van der Waals surface area contributed by atoms with E-state index in [1.165, 1.54) is 18.2 Å². The van der Waals surface area contributed by atoms with Gasteiger partial charge in [0.2, 0.25) is 5.91 Å². The lowest BCUT2D eigenvalue weighted by molar-refractivity contribution is -0.130. The lowest BCUT2D eigenvalue weighted by Crippen LogP contribution is -2.40. The van der Waals surface area contributed by atoms with Gasteiger partial charge in [-0.25, -0.2) is 0 Å². The molecule has 1 aromatic carbocycles. The molecule has 116 valence electrons. The standard InChI is InChI=1S/C16H20N4OS/c1-13-6-5-9-19(10-13)15(21)11-22-16-18-17-12-20(16)14-7-3-2-4-8-14/h2-4,7-8,12-13H,5-6,9-11H2,1H3. The molecular formula is C16H20N4OS. The molecule has 6 heteroatoms. The minimum atomic E-state index is 0.194. The number of para-hydroxylation sites is 1. The molecule has 1 aliphatic rings. The average molecular weight is 316 g/mol. The van der Waals surface area contributed by atoms with Gasteiger partial charge >= 0.3 is 0 Å². The van der Waals surface area contributed by atoms with Crippen LogP contribution in [0.15, 0.2) is 41.8 Å². The average Bonchev–Trinajstić information content (AvgIpc) is 3.02. The van der Waals surface area contributed by atoms with Gasteiger partial charge in [-0.2, -0.15) is 0 Å². The summed E-state index contributed by atoms with van der Waals surface area (Å²) in [7, 11) is 0. The zero-order chi connectivity index (χ0) is 15.4. The molecule has 1 fully saturated rings. The van der Waals surface area contributed by atoms with Gasteiger partial charge in [0, 0.05) is 18.8 Å². The molecule has 1 aromatic heterocycles. The van der Waals surface area contributed by atoms with Crippen LogP contribution < -0.4 is 0 Å². The SMILES string of the molecule is CC1CCCN(C(=O)CSc2nncn2-c2ccccc2)C1. The fraction of sp³-hybridized carbons (Fsp3) is 0.438. The van der Waals surface area contributed by atoms with Gasteiger partial charge in [0.1, 0.15) is 6.33 Å². The van der Waals surface area contributed by atoms with Crippen molar-refractivity contribution in [3.05, 3.63) is 36.7 Å². The number of rotatable bonds is 4. The van der Waals surface area contributed by atoms with E-state index in [4.69, 9.17) is 0 Å². The number of amides is 1. The Kier molecular flexibility index (Phi) is 4.77. The van der Waals surface area contributed by atoms with Crippen LogP contribution >= 0.6 is 11.8 Å². The third kappa shape index (κ3) is 3.50. The van der Waals surface area contributed by atoms with Crippen molar-refractivity contribution in [3.8, 4) is 5.69 Å². The highest BCUT2D eigenvalue weighted by Crippen LogP contribution is 2.21. The van der Waals surface area contributed by atoms with Crippen molar-refractivity contribution in [3.63, 3.8) is 0 Å². The Labute approximate surface area is 134 Å². The summed E-state index contributed by atoms with van der Waals surface area (Å²) in [5.41, 5.74) is 1.01. The summed E-state index contributed by atoms with van der Waals surface area (Å²) in [5, 5.41) is 8.85. The van der Waals surface area contributed by atoms with Crippen molar-refractivity contribution < 1.29 is 4.79 Å². The number of carbonyl (C=O) groups is 1. The largest absolute Gasteiger partial charge is 0.342 e. The summed E-state index contributed by atoms with van der Waals surface area (Å²) >= 11 is 1.45. The van der Waals surface area contributed by atoms with Crippen LogP contribution in [0.5, 0.6) is 0 Å². The Morgan fingerprint density at radius 1 is 1.36 bits per heavy atom. The van der Waals surface area contributed by atoms with Gasteiger partial charge in [-0.15, -0.1) is 10.2 Å². The number of benzene rings is 1. The first-order chi connectivity index (χ1) is 10.7. The lowest BCUT2D eigenvalue weighted by atomic mass is 10.0. The van der Waals surface area contributed by atoms with Gasteiger partial charge in [0.05, 0.1) is 5.75 Å². The highest BCUT2D eigenvalue weighted by molar-refractivity contribution is 7.99. The van der Waals surface area contributed by atoms with Crippen LogP contribution in [0.4, 0.5) is 0 Å². The van der Waals surface area contributed by atoms with E-state index in [1.54, 1.807) is 6.33 Å². The molecular weight excluding hydrogens is 296 g/mol. The van der Waals surface area contributed by atoms with Crippen LogP contribution in [0.1, 0.15) is 19.8 Å². The molecule has 1 atom stereocenters. The topological polar surface area (TPSA) is 51.0 Å². The highest BCUT2D eigenvalue weighted by atomic mass is 32.2. The van der Waals surface area contributed by atoms with Crippen molar-refractivity contribution in [1.29, 1.82) is 0 Å². The highest BCUT2D eigenvalue weighted by Gasteiger charge is 2.21. The van der Waals surface area contributed by atoms with E-state index < -0.39 is 0 Å². The number of hydrogen-bond donors (Lipinski definition) is 0. The van der Waals surface area contributed by atoms with Gasteiger partial charge in [-0.3, -0.25) is 9.36 Å². The normalized spacial score (nSPS) is 18.4. The number of piperidine rings is 1. The smallest absolute Gasteiger partial charge is 0.233 e. The Hall–Kier alpha value is -1.82. The van der Waals surface area contributed by atoms with Crippen LogP contribution in [0.25, 0.3) is 5.69 Å². The van der Waals surface area contributed by atoms with Crippen molar-refractivity contribution >= 4 is 17.7 Å². The zero-order valence-electron chi connectivity index (χ0n) is 12.7. The summed E-state index contributed by atoms with van der Waals surface area (Å²) in [5.74, 6) is 1.22. The molecule has 1 saturated heterocycles.